The predicted octanol–water partition coefficient (Wildman–Crippen LogP) is 3.71. The van der Waals surface area contributed by atoms with Crippen LogP contribution < -0.4 is 0 Å². The van der Waals surface area contributed by atoms with E-state index in [0.717, 1.165) is 6.42 Å². The lowest BCUT2D eigenvalue weighted by atomic mass is 9.98. The maximum atomic E-state index is 4.60. The second-order valence-electron chi connectivity index (χ2n) is 4.61. The minimum atomic E-state index is 0.300. The van der Waals surface area contributed by atoms with Gasteiger partial charge in [-0.1, -0.05) is 54.1 Å². The fourth-order valence-corrected chi connectivity index (χ4v) is 2.29. The Morgan fingerprint density at radius 2 is 1.76 bits per heavy atom. The summed E-state index contributed by atoms with van der Waals surface area (Å²) in [7, 11) is 0. The van der Waals surface area contributed by atoms with Crippen molar-refractivity contribution in [1.29, 1.82) is 0 Å². The van der Waals surface area contributed by atoms with Crippen LogP contribution in [0.2, 0.25) is 0 Å². The molecule has 2 aromatic carbocycles. The summed E-state index contributed by atoms with van der Waals surface area (Å²) in [4.78, 5) is 4.60. The molecule has 1 unspecified atom stereocenters. The topological polar surface area (TPSA) is 12.4 Å². The van der Waals surface area contributed by atoms with Crippen molar-refractivity contribution in [2.75, 3.05) is 0 Å². The SMILES string of the molecule is Cc1ccc(CC2N=Cc3ccccc32)cc1. The number of benzene rings is 2. The highest BCUT2D eigenvalue weighted by molar-refractivity contribution is 5.85. The van der Waals surface area contributed by atoms with Crippen molar-refractivity contribution in [2.45, 2.75) is 19.4 Å². The van der Waals surface area contributed by atoms with E-state index >= 15 is 0 Å². The smallest absolute Gasteiger partial charge is 0.0795 e. The lowest BCUT2D eigenvalue weighted by Gasteiger charge is -2.10. The molecule has 1 heteroatoms. The van der Waals surface area contributed by atoms with Crippen molar-refractivity contribution in [3.05, 3.63) is 70.8 Å². The van der Waals surface area contributed by atoms with Gasteiger partial charge in [0.2, 0.25) is 0 Å². The molecule has 0 N–H and O–H groups in total. The van der Waals surface area contributed by atoms with Gasteiger partial charge in [-0.15, -0.1) is 0 Å². The molecule has 1 nitrogen and oxygen atoms in total. The summed E-state index contributed by atoms with van der Waals surface area (Å²) in [6, 6.07) is 17.5. The van der Waals surface area contributed by atoms with Crippen molar-refractivity contribution >= 4 is 6.21 Å². The summed E-state index contributed by atoms with van der Waals surface area (Å²) < 4.78 is 0. The van der Waals surface area contributed by atoms with Crippen LogP contribution >= 0.6 is 0 Å². The van der Waals surface area contributed by atoms with Crippen LogP contribution in [0.4, 0.5) is 0 Å². The van der Waals surface area contributed by atoms with Gasteiger partial charge >= 0.3 is 0 Å². The van der Waals surface area contributed by atoms with Crippen LogP contribution in [0.1, 0.15) is 28.3 Å². The Morgan fingerprint density at radius 1 is 1.00 bits per heavy atom. The van der Waals surface area contributed by atoms with E-state index in [9.17, 15) is 0 Å². The van der Waals surface area contributed by atoms with Crippen molar-refractivity contribution in [3.63, 3.8) is 0 Å². The van der Waals surface area contributed by atoms with Crippen molar-refractivity contribution in [1.82, 2.24) is 0 Å². The first-order valence-electron chi connectivity index (χ1n) is 6.00. The molecule has 0 aliphatic carbocycles. The van der Waals surface area contributed by atoms with Crippen LogP contribution in [0.3, 0.4) is 0 Å². The highest BCUT2D eigenvalue weighted by Gasteiger charge is 2.17. The second-order valence-corrected chi connectivity index (χ2v) is 4.61. The third-order valence-corrected chi connectivity index (χ3v) is 3.30. The van der Waals surface area contributed by atoms with Crippen LogP contribution in [0, 0.1) is 6.92 Å². The molecule has 0 bridgehead atoms. The molecule has 0 saturated carbocycles. The van der Waals surface area contributed by atoms with Gasteiger partial charge in [-0.25, -0.2) is 0 Å². The second kappa shape index (κ2) is 4.17. The molecule has 0 fully saturated rings. The third kappa shape index (κ3) is 2.01. The molecule has 0 saturated heterocycles. The lowest BCUT2D eigenvalue weighted by molar-refractivity contribution is 0.741. The number of aliphatic imine (C=N–C) groups is 1. The normalized spacial score (nSPS) is 17.1. The summed E-state index contributed by atoms with van der Waals surface area (Å²) in [6.45, 7) is 2.12. The highest BCUT2D eigenvalue weighted by atomic mass is 14.8. The zero-order valence-corrected chi connectivity index (χ0v) is 9.93. The van der Waals surface area contributed by atoms with Gasteiger partial charge in [0.05, 0.1) is 6.04 Å². The summed E-state index contributed by atoms with van der Waals surface area (Å²) in [6.07, 6.45) is 2.99. The Labute approximate surface area is 102 Å². The first-order valence-corrected chi connectivity index (χ1v) is 6.00. The summed E-state index contributed by atoms with van der Waals surface area (Å²) in [5, 5.41) is 0. The molecule has 2 aromatic rings. The molecule has 17 heavy (non-hydrogen) atoms. The molecule has 1 aliphatic rings. The molecule has 1 atom stereocenters. The van der Waals surface area contributed by atoms with Crippen molar-refractivity contribution in [3.8, 4) is 0 Å². The van der Waals surface area contributed by atoms with E-state index in [2.05, 4.69) is 60.4 Å². The van der Waals surface area contributed by atoms with Crippen LogP contribution in [0.15, 0.2) is 53.5 Å². The fourth-order valence-electron chi connectivity index (χ4n) is 2.29. The number of aryl methyl sites for hydroxylation is 1. The molecule has 0 radical (unpaired) electrons. The van der Waals surface area contributed by atoms with Crippen LogP contribution in [0.25, 0.3) is 0 Å². The van der Waals surface area contributed by atoms with Gasteiger partial charge in [0.1, 0.15) is 0 Å². The molecule has 3 rings (SSSR count). The molecular formula is C16H15N. The summed E-state index contributed by atoms with van der Waals surface area (Å²) in [5.74, 6) is 0. The van der Waals surface area contributed by atoms with Crippen molar-refractivity contribution < 1.29 is 0 Å². The number of fused-ring (bicyclic) bond motifs is 1. The molecule has 84 valence electrons. The quantitative estimate of drug-likeness (QED) is 0.733. The monoisotopic (exact) mass is 221 g/mol. The molecular weight excluding hydrogens is 206 g/mol. The standard InChI is InChI=1S/C16H15N/c1-12-6-8-13(9-7-12)10-16-15-5-3-2-4-14(15)11-17-16/h2-9,11,16H,10H2,1H3. The van der Waals surface area contributed by atoms with Gasteiger partial charge in [0.15, 0.2) is 0 Å². The Hall–Kier alpha value is -1.89. The fraction of sp³-hybridized carbons (Fsp3) is 0.188. The first kappa shape index (κ1) is 10.3. The zero-order chi connectivity index (χ0) is 11.7. The number of hydrogen-bond acceptors (Lipinski definition) is 1. The lowest BCUT2D eigenvalue weighted by Crippen LogP contribution is -1.97. The molecule has 0 spiro atoms. The van der Waals surface area contributed by atoms with Crippen molar-refractivity contribution in [2.24, 2.45) is 4.99 Å². The molecule has 0 aromatic heterocycles. The number of hydrogen-bond donors (Lipinski definition) is 0. The number of nitrogens with zero attached hydrogens (tertiary/aromatic N) is 1. The minimum Gasteiger partial charge on any atom is -0.284 e. The highest BCUT2D eigenvalue weighted by Crippen LogP contribution is 2.29. The Balaban J connectivity index is 1.84. The van der Waals surface area contributed by atoms with Gasteiger partial charge < -0.3 is 0 Å². The Bertz CT molecular complexity index is 552. The predicted molar refractivity (Wildman–Crippen MR) is 71.7 cm³/mol. The van der Waals surface area contributed by atoms with E-state index in [4.69, 9.17) is 0 Å². The van der Waals surface area contributed by atoms with Gasteiger partial charge in [-0.3, -0.25) is 4.99 Å². The van der Waals surface area contributed by atoms with E-state index in [-0.39, 0.29) is 0 Å². The summed E-state index contributed by atoms with van der Waals surface area (Å²) >= 11 is 0. The number of rotatable bonds is 2. The van der Waals surface area contributed by atoms with Crippen LogP contribution in [0.5, 0.6) is 0 Å². The molecule has 0 amide bonds. The van der Waals surface area contributed by atoms with Crippen LogP contribution in [-0.2, 0) is 6.42 Å². The van der Waals surface area contributed by atoms with E-state index in [1.807, 2.05) is 6.21 Å². The first-order chi connectivity index (χ1) is 8.33. The Kier molecular flexibility index (Phi) is 2.52. The average Bonchev–Trinajstić information content (AvgIpc) is 2.76. The van der Waals surface area contributed by atoms with E-state index in [1.165, 1.54) is 22.3 Å². The maximum Gasteiger partial charge on any atom is 0.0795 e. The van der Waals surface area contributed by atoms with Gasteiger partial charge in [0, 0.05) is 6.21 Å². The maximum absolute atomic E-state index is 4.60. The summed E-state index contributed by atoms with van der Waals surface area (Å²) in [5.41, 5.74) is 5.29. The Morgan fingerprint density at radius 3 is 2.59 bits per heavy atom. The van der Waals surface area contributed by atoms with Gasteiger partial charge in [-0.2, -0.15) is 0 Å². The van der Waals surface area contributed by atoms with E-state index < -0.39 is 0 Å². The van der Waals surface area contributed by atoms with Gasteiger partial charge in [0.25, 0.3) is 0 Å². The van der Waals surface area contributed by atoms with E-state index in [1.54, 1.807) is 0 Å². The van der Waals surface area contributed by atoms with Crippen LogP contribution in [-0.4, -0.2) is 6.21 Å². The van der Waals surface area contributed by atoms with E-state index in [0.29, 0.717) is 6.04 Å². The zero-order valence-electron chi connectivity index (χ0n) is 9.93. The third-order valence-electron chi connectivity index (χ3n) is 3.30. The molecule has 1 aliphatic heterocycles. The van der Waals surface area contributed by atoms with Gasteiger partial charge in [-0.05, 0) is 30.0 Å². The minimum absolute atomic E-state index is 0.300. The largest absolute Gasteiger partial charge is 0.284 e. The molecule has 1 heterocycles. The average molecular weight is 221 g/mol.